The number of benzene rings is 1. The van der Waals surface area contributed by atoms with E-state index in [-0.39, 0.29) is 43.9 Å². The Labute approximate surface area is 191 Å². The lowest BCUT2D eigenvalue weighted by Crippen LogP contribution is -2.41. The Bertz CT molecular complexity index is 1400. The maximum Gasteiger partial charge on any atom is 0.431 e. The van der Waals surface area contributed by atoms with Crippen molar-refractivity contribution in [3.63, 3.8) is 0 Å². The first-order chi connectivity index (χ1) is 15.9. The van der Waals surface area contributed by atoms with Crippen molar-refractivity contribution < 1.29 is 36.6 Å². The fraction of sp³-hybridized carbons (Fsp3) is 0.150. The molecule has 0 aliphatic carbocycles. The first-order valence-electron chi connectivity index (χ1n) is 9.07. The van der Waals surface area contributed by atoms with Crippen LogP contribution in [0.2, 0.25) is 5.02 Å². The van der Waals surface area contributed by atoms with Crippen LogP contribution in [0.3, 0.4) is 0 Å². The Hall–Kier alpha value is -4.00. The molecule has 0 fully saturated rings. The van der Waals surface area contributed by atoms with Crippen molar-refractivity contribution in [2.75, 3.05) is 6.61 Å². The van der Waals surface area contributed by atoms with E-state index in [0.29, 0.717) is 6.07 Å². The standard InChI is InChI=1S/C20H12ClF4N3O6/c1-27-16(20(23,24)25)7-17(31)28(19(27)32)13-6-15(11(21)5-12(13)22)34-14-3-2-4-26-18(14)33-9-10(30)8-29/h2-8H,9H2,1H3. The quantitative estimate of drug-likeness (QED) is 0.278. The highest BCUT2D eigenvalue weighted by Crippen LogP contribution is 2.36. The molecule has 1 aromatic carbocycles. The van der Waals surface area contributed by atoms with Crippen LogP contribution in [0.5, 0.6) is 17.4 Å². The van der Waals surface area contributed by atoms with Gasteiger partial charge in [-0.1, -0.05) is 11.6 Å². The number of nitrogens with zero attached hydrogens (tertiary/aromatic N) is 3. The summed E-state index contributed by atoms with van der Waals surface area (Å²) in [4.78, 5) is 50.3. The van der Waals surface area contributed by atoms with Crippen LogP contribution in [0.25, 0.3) is 5.69 Å². The summed E-state index contributed by atoms with van der Waals surface area (Å²) in [6.45, 7) is -0.656. The van der Waals surface area contributed by atoms with Gasteiger partial charge in [0.1, 0.15) is 17.3 Å². The molecular formula is C20H12ClF4N3O6. The average molecular weight is 502 g/mol. The molecule has 0 N–H and O–H groups in total. The summed E-state index contributed by atoms with van der Waals surface area (Å²) in [6.07, 6.45) is -3.69. The number of alkyl halides is 3. The minimum Gasteiger partial charge on any atom is -0.467 e. The third kappa shape index (κ3) is 4.98. The van der Waals surface area contributed by atoms with Crippen molar-refractivity contribution in [1.29, 1.82) is 0 Å². The molecule has 0 saturated heterocycles. The number of aldehydes is 1. The first kappa shape index (κ1) is 24.6. The number of hydrogen-bond donors (Lipinski definition) is 0. The molecule has 0 radical (unpaired) electrons. The second kappa shape index (κ2) is 9.47. The SMILES string of the molecule is Cn1c(C(F)(F)F)cc(=O)n(-c2cc(Oc3cccnc3OCC(=O)C=O)c(Cl)cc2F)c1=O. The summed E-state index contributed by atoms with van der Waals surface area (Å²) in [6, 6.07) is 4.37. The fourth-order valence-corrected chi connectivity index (χ4v) is 2.93. The molecule has 178 valence electrons. The highest BCUT2D eigenvalue weighted by atomic mass is 35.5. The molecule has 0 saturated carbocycles. The van der Waals surface area contributed by atoms with Gasteiger partial charge in [0.25, 0.3) is 11.4 Å². The summed E-state index contributed by atoms with van der Waals surface area (Å²) in [7, 11) is 0.770. The molecule has 0 atom stereocenters. The normalized spacial score (nSPS) is 11.2. The van der Waals surface area contributed by atoms with Crippen LogP contribution in [-0.4, -0.2) is 32.8 Å². The van der Waals surface area contributed by atoms with E-state index in [9.17, 15) is 36.7 Å². The highest BCUT2D eigenvalue weighted by molar-refractivity contribution is 6.32. The van der Waals surface area contributed by atoms with Gasteiger partial charge in [-0.3, -0.25) is 19.0 Å². The largest absolute Gasteiger partial charge is 0.467 e. The molecule has 0 amide bonds. The van der Waals surface area contributed by atoms with Gasteiger partial charge in [0, 0.05) is 25.4 Å². The minimum atomic E-state index is -5.00. The van der Waals surface area contributed by atoms with E-state index in [1.54, 1.807) is 0 Å². The molecule has 0 spiro atoms. The molecule has 9 nitrogen and oxygen atoms in total. The zero-order valence-electron chi connectivity index (χ0n) is 16.9. The number of halogens is 5. The molecule has 3 rings (SSSR count). The lowest BCUT2D eigenvalue weighted by atomic mass is 10.2. The van der Waals surface area contributed by atoms with Gasteiger partial charge in [-0.25, -0.2) is 18.7 Å². The van der Waals surface area contributed by atoms with Crippen molar-refractivity contribution in [1.82, 2.24) is 14.1 Å². The van der Waals surface area contributed by atoms with Crippen LogP contribution in [0.1, 0.15) is 5.69 Å². The van der Waals surface area contributed by atoms with Crippen molar-refractivity contribution in [2.45, 2.75) is 6.18 Å². The fourth-order valence-electron chi connectivity index (χ4n) is 2.74. The van der Waals surface area contributed by atoms with Gasteiger partial charge in [-0.15, -0.1) is 0 Å². The molecule has 0 unspecified atom stereocenters. The molecule has 0 aliphatic heterocycles. The third-order valence-corrected chi connectivity index (χ3v) is 4.59. The summed E-state index contributed by atoms with van der Waals surface area (Å²) in [5.74, 6) is -2.81. The Morgan fingerprint density at radius 3 is 2.56 bits per heavy atom. The van der Waals surface area contributed by atoms with Gasteiger partial charge in [0.05, 0.1) is 10.7 Å². The number of Topliss-reactive ketones (excluding diaryl/α,β-unsaturated/α-hetero) is 1. The predicted molar refractivity (Wildman–Crippen MR) is 108 cm³/mol. The van der Waals surface area contributed by atoms with Crippen LogP contribution in [-0.2, 0) is 22.8 Å². The summed E-state index contributed by atoms with van der Waals surface area (Å²) >= 11 is 5.99. The van der Waals surface area contributed by atoms with E-state index >= 15 is 0 Å². The van der Waals surface area contributed by atoms with E-state index in [0.717, 1.165) is 13.1 Å². The highest BCUT2D eigenvalue weighted by Gasteiger charge is 2.35. The molecule has 34 heavy (non-hydrogen) atoms. The van der Waals surface area contributed by atoms with Gasteiger partial charge >= 0.3 is 11.9 Å². The second-order valence-corrected chi connectivity index (χ2v) is 6.97. The maximum absolute atomic E-state index is 14.6. The van der Waals surface area contributed by atoms with Gasteiger partial charge in [-0.05, 0) is 18.2 Å². The monoisotopic (exact) mass is 501 g/mol. The Morgan fingerprint density at radius 1 is 1.21 bits per heavy atom. The van der Waals surface area contributed by atoms with Gasteiger partial charge in [-0.2, -0.15) is 13.2 Å². The number of rotatable bonds is 7. The van der Waals surface area contributed by atoms with E-state index in [4.69, 9.17) is 21.1 Å². The van der Waals surface area contributed by atoms with Gasteiger partial charge in [0.15, 0.2) is 18.6 Å². The second-order valence-electron chi connectivity index (χ2n) is 6.56. The van der Waals surface area contributed by atoms with Gasteiger partial charge < -0.3 is 9.47 Å². The number of ketones is 1. The molecular weight excluding hydrogens is 490 g/mol. The Kier molecular flexibility index (Phi) is 6.86. The number of carbonyl (C=O) groups excluding carboxylic acids is 2. The van der Waals surface area contributed by atoms with E-state index in [1.165, 1.54) is 18.3 Å². The Balaban J connectivity index is 2.09. The van der Waals surface area contributed by atoms with Crippen LogP contribution >= 0.6 is 11.6 Å². The zero-order chi connectivity index (χ0) is 25.2. The Morgan fingerprint density at radius 2 is 1.91 bits per heavy atom. The van der Waals surface area contributed by atoms with Crippen LogP contribution in [0.4, 0.5) is 17.6 Å². The number of ether oxygens (including phenoxy) is 2. The zero-order valence-corrected chi connectivity index (χ0v) is 17.7. The topological polar surface area (TPSA) is 109 Å². The lowest BCUT2D eigenvalue weighted by molar-refractivity contribution is -0.144. The van der Waals surface area contributed by atoms with Crippen LogP contribution in [0.15, 0.2) is 46.1 Å². The van der Waals surface area contributed by atoms with Crippen molar-refractivity contribution in [2.24, 2.45) is 7.05 Å². The third-order valence-electron chi connectivity index (χ3n) is 4.29. The van der Waals surface area contributed by atoms with E-state index < -0.39 is 47.0 Å². The van der Waals surface area contributed by atoms with Crippen molar-refractivity contribution >= 4 is 23.7 Å². The maximum atomic E-state index is 14.6. The van der Waals surface area contributed by atoms with E-state index in [1.807, 2.05) is 0 Å². The summed E-state index contributed by atoms with van der Waals surface area (Å²) < 4.78 is 64.8. The molecule has 0 bridgehead atoms. The van der Waals surface area contributed by atoms with Crippen LogP contribution in [0, 0.1) is 5.82 Å². The minimum absolute atomic E-state index is 0.0366. The van der Waals surface area contributed by atoms with Gasteiger partial charge in [0.2, 0.25) is 5.78 Å². The molecule has 2 heterocycles. The van der Waals surface area contributed by atoms with Crippen molar-refractivity contribution in [3.05, 3.63) is 73.9 Å². The number of aromatic nitrogens is 3. The van der Waals surface area contributed by atoms with Crippen molar-refractivity contribution in [3.8, 4) is 23.1 Å². The molecule has 14 heteroatoms. The summed E-state index contributed by atoms with van der Waals surface area (Å²) in [5, 5.41) is -0.336. The predicted octanol–water partition coefficient (Wildman–Crippen LogP) is 2.68. The van der Waals surface area contributed by atoms with Crippen LogP contribution < -0.4 is 20.7 Å². The smallest absolute Gasteiger partial charge is 0.431 e. The van der Waals surface area contributed by atoms with E-state index in [2.05, 4.69) is 4.98 Å². The number of carbonyl (C=O) groups is 2. The molecule has 3 aromatic rings. The first-order valence-corrected chi connectivity index (χ1v) is 9.45. The number of hydrogen-bond acceptors (Lipinski definition) is 7. The molecule has 0 aliphatic rings. The average Bonchev–Trinajstić information content (AvgIpc) is 2.77. The lowest BCUT2D eigenvalue weighted by Gasteiger charge is -2.16. The number of pyridine rings is 1. The molecule has 2 aromatic heterocycles. The summed E-state index contributed by atoms with van der Waals surface area (Å²) in [5.41, 5.74) is -5.17.